The summed E-state index contributed by atoms with van der Waals surface area (Å²) in [6.45, 7) is -2.52. The molecule has 200 valence electrons. The fraction of sp³-hybridized carbons (Fsp3) is 1.00. The molecule has 3 fully saturated rings. The second kappa shape index (κ2) is 11.6. The molecule has 3 rings (SSSR count). The maximum absolute atomic E-state index is 14.3. The van der Waals surface area contributed by atoms with E-state index in [-0.39, 0.29) is 0 Å². The number of halogens is 2. The van der Waals surface area contributed by atoms with Gasteiger partial charge in [0.05, 0.1) is 19.8 Å². The third kappa shape index (κ3) is 5.35. The highest BCUT2D eigenvalue weighted by molar-refractivity contribution is 4.96. The van der Waals surface area contributed by atoms with Crippen LogP contribution in [0.15, 0.2) is 0 Å². The number of hydrogen-bond acceptors (Lipinski definition) is 14. The predicted molar refractivity (Wildman–Crippen MR) is 99.0 cm³/mol. The van der Waals surface area contributed by atoms with Crippen molar-refractivity contribution < 1.29 is 78.4 Å². The van der Waals surface area contributed by atoms with E-state index in [2.05, 4.69) is 4.74 Å². The highest BCUT2D eigenvalue weighted by Crippen LogP contribution is 2.33. The van der Waals surface area contributed by atoms with E-state index in [0.717, 1.165) is 0 Å². The predicted octanol–water partition coefficient (Wildman–Crippen LogP) is -5.62. The number of rotatable bonds is 7. The first kappa shape index (κ1) is 27.9. The molecule has 14 nitrogen and oxygen atoms in total. The summed E-state index contributed by atoms with van der Waals surface area (Å²) in [4.78, 5) is 0. The molecule has 0 spiro atoms. The van der Waals surface area contributed by atoms with Crippen LogP contribution in [0.1, 0.15) is 0 Å². The smallest absolute Gasteiger partial charge is 0.233 e. The summed E-state index contributed by atoms with van der Waals surface area (Å²) in [5, 5.41) is 89.0. The van der Waals surface area contributed by atoms with Crippen LogP contribution < -0.4 is 0 Å². The molecule has 0 radical (unpaired) electrons. The molecule has 3 aliphatic rings. The van der Waals surface area contributed by atoms with Crippen LogP contribution in [0.2, 0.25) is 0 Å². The average molecular weight is 508 g/mol. The first-order valence-corrected chi connectivity index (χ1v) is 10.5. The van der Waals surface area contributed by atoms with Gasteiger partial charge in [-0.05, 0) is 0 Å². The summed E-state index contributed by atoms with van der Waals surface area (Å²) in [6, 6.07) is 0. The Morgan fingerprint density at radius 1 is 0.529 bits per heavy atom. The van der Waals surface area contributed by atoms with Crippen LogP contribution in [0.25, 0.3) is 0 Å². The summed E-state index contributed by atoms with van der Waals surface area (Å²) >= 11 is 0. The third-order valence-corrected chi connectivity index (χ3v) is 6.02. The van der Waals surface area contributed by atoms with E-state index in [4.69, 9.17) is 24.1 Å². The van der Waals surface area contributed by atoms with Crippen molar-refractivity contribution in [2.24, 2.45) is 0 Å². The van der Waals surface area contributed by atoms with Crippen LogP contribution >= 0.6 is 0 Å². The van der Waals surface area contributed by atoms with Gasteiger partial charge in [0, 0.05) is 0 Å². The molecule has 34 heavy (non-hydrogen) atoms. The van der Waals surface area contributed by atoms with E-state index in [1.807, 2.05) is 0 Å². The maximum atomic E-state index is 14.3. The van der Waals surface area contributed by atoms with E-state index < -0.39 is 112 Å². The molecule has 0 saturated carbocycles. The summed E-state index contributed by atoms with van der Waals surface area (Å²) in [6.07, 6.45) is -28.0. The van der Waals surface area contributed by atoms with Gasteiger partial charge < -0.3 is 69.6 Å². The Labute approximate surface area is 191 Å². The van der Waals surface area contributed by atoms with Gasteiger partial charge in [0.2, 0.25) is 6.36 Å². The van der Waals surface area contributed by atoms with Crippen molar-refractivity contribution in [2.75, 3.05) is 19.8 Å². The second-order valence-corrected chi connectivity index (χ2v) is 8.25. The Morgan fingerprint density at radius 2 is 1.00 bits per heavy atom. The molecular weight excluding hydrogens is 478 g/mol. The first-order valence-electron chi connectivity index (χ1n) is 10.5. The lowest BCUT2D eigenvalue weighted by Gasteiger charge is -2.47. The highest BCUT2D eigenvalue weighted by Gasteiger charge is 2.53. The fourth-order valence-corrected chi connectivity index (χ4v) is 4.00. The topological polar surface area (TPSA) is 228 Å². The van der Waals surface area contributed by atoms with Crippen molar-refractivity contribution in [3.05, 3.63) is 0 Å². The molecule has 0 aromatic heterocycles. The molecule has 0 aliphatic carbocycles. The van der Waals surface area contributed by atoms with Gasteiger partial charge in [0.1, 0.15) is 67.1 Å². The maximum Gasteiger partial charge on any atom is 0.233 e. The molecule has 3 aliphatic heterocycles. The Hall–Kier alpha value is -0.700. The normalized spacial score (nSPS) is 52.5. The number of hydrogen-bond donors (Lipinski definition) is 9. The zero-order valence-corrected chi connectivity index (χ0v) is 17.6. The van der Waals surface area contributed by atoms with Gasteiger partial charge in [-0.3, -0.25) is 0 Å². The zero-order valence-electron chi connectivity index (χ0n) is 17.6. The molecular formula is C18H30F2O14. The fourth-order valence-electron chi connectivity index (χ4n) is 4.00. The Bertz CT molecular complexity index is 646. The third-order valence-electron chi connectivity index (χ3n) is 6.02. The summed E-state index contributed by atoms with van der Waals surface area (Å²) in [5.41, 5.74) is 0. The van der Waals surface area contributed by atoms with Crippen molar-refractivity contribution >= 4 is 0 Å². The van der Waals surface area contributed by atoms with Crippen LogP contribution in [0.3, 0.4) is 0 Å². The lowest BCUT2D eigenvalue weighted by molar-refractivity contribution is -0.373. The van der Waals surface area contributed by atoms with Gasteiger partial charge in [-0.2, -0.15) is 0 Å². The van der Waals surface area contributed by atoms with Crippen LogP contribution in [0.4, 0.5) is 8.78 Å². The molecule has 16 heteroatoms. The first-order chi connectivity index (χ1) is 16.0. The van der Waals surface area contributed by atoms with E-state index in [1.54, 1.807) is 0 Å². The van der Waals surface area contributed by atoms with E-state index in [1.165, 1.54) is 0 Å². The van der Waals surface area contributed by atoms with Crippen LogP contribution in [-0.2, 0) is 23.7 Å². The van der Waals surface area contributed by atoms with Gasteiger partial charge in [-0.25, -0.2) is 8.78 Å². The SMILES string of the molecule is OC[C@H]1O[C@@H](O[C@H]2[C@H](O)[C@@H](O)[C@H](O[C@H]3[C@H](O)[C@@H](CO)O[C@@H](F)[C@@H]3F)O[C@@H]2CO)[C@H](O)[C@@H](O)[C@@H]1O. The highest BCUT2D eigenvalue weighted by atomic mass is 19.2. The molecule has 3 saturated heterocycles. The van der Waals surface area contributed by atoms with Crippen molar-refractivity contribution in [3.63, 3.8) is 0 Å². The monoisotopic (exact) mass is 508 g/mol. The summed E-state index contributed by atoms with van der Waals surface area (Å²) in [5.74, 6) is 0. The summed E-state index contributed by atoms with van der Waals surface area (Å²) in [7, 11) is 0. The molecule has 0 amide bonds. The number of aliphatic hydroxyl groups is 9. The van der Waals surface area contributed by atoms with Gasteiger partial charge in [0.25, 0.3) is 0 Å². The van der Waals surface area contributed by atoms with Crippen LogP contribution in [-0.4, -0.2) is 158 Å². The number of aliphatic hydroxyl groups excluding tert-OH is 9. The minimum absolute atomic E-state index is 0.765. The molecule has 3 heterocycles. The second-order valence-electron chi connectivity index (χ2n) is 8.25. The minimum atomic E-state index is -2.58. The van der Waals surface area contributed by atoms with Crippen molar-refractivity contribution in [1.82, 2.24) is 0 Å². The van der Waals surface area contributed by atoms with E-state index >= 15 is 0 Å². The number of alkyl halides is 2. The van der Waals surface area contributed by atoms with Gasteiger partial charge in [0.15, 0.2) is 18.8 Å². The Kier molecular flexibility index (Phi) is 9.49. The van der Waals surface area contributed by atoms with Crippen LogP contribution in [0.5, 0.6) is 0 Å². The lowest BCUT2D eigenvalue weighted by Crippen LogP contribution is -2.66. The van der Waals surface area contributed by atoms with Gasteiger partial charge in [-0.15, -0.1) is 0 Å². The molecule has 0 aromatic carbocycles. The largest absolute Gasteiger partial charge is 0.394 e. The van der Waals surface area contributed by atoms with Crippen LogP contribution in [0, 0.1) is 0 Å². The molecule has 0 unspecified atom stereocenters. The Morgan fingerprint density at radius 3 is 1.56 bits per heavy atom. The van der Waals surface area contributed by atoms with Crippen molar-refractivity contribution in [2.45, 2.75) is 92.3 Å². The molecule has 0 bridgehead atoms. The average Bonchev–Trinajstić information content (AvgIpc) is 2.83. The zero-order chi connectivity index (χ0) is 25.3. The Balaban J connectivity index is 1.72. The van der Waals surface area contributed by atoms with E-state index in [0.29, 0.717) is 0 Å². The minimum Gasteiger partial charge on any atom is -0.394 e. The van der Waals surface area contributed by atoms with E-state index in [9.17, 15) is 49.6 Å². The summed E-state index contributed by atoms with van der Waals surface area (Å²) < 4.78 is 53.5. The lowest BCUT2D eigenvalue weighted by atomic mass is 9.96. The molecule has 9 N–H and O–H groups in total. The quantitative estimate of drug-likeness (QED) is 0.156. The van der Waals surface area contributed by atoms with Crippen molar-refractivity contribution in [3.8, 4) is 0 Å². The molecule has 0 aromatic rings. The van der Waals surface area contributed by atoms with Gasteiger partial charge >= 0.3 is 0 Å². The standard InChI is InChI=1S/C18H30F2O14/c19-7-15(9(25)5(2-22)30-16(7)20)34-18-13(29)11(27)14(6(3-23)32-18)33-17-12(28)10(26)8(24)4(1-21)31-17/h4-18,21-29H,1-3H2/t4-,5-,6-,7-,8-,9-,10+,11-,12-,13-,14-,15-,16-,17+,18+/m1/s1. The van der Waals surface area contributed by atoms with Crippen molar-refractivity contribution in [1.29, 1.82) is 0 Å². The number of ether oxygens (including phenoxy) is 5. The van der Waals surface area contributed by atoms with Gasteiger partial charge in [-0.1, -0.05) is 0 Å². The molecule has 15 atom stereocenters.